The first-order chi connectivity index (χ1) is 25.9. The number of para-hydroxylation sites is 1. The van der Waals surface area contributed by atoms with Crippen molar-refractivity contribution in [2.45, 2.75) is 13.8 Å². The Labute approximate surface area is 305 Å². The van der Waals surface area contributed by atoms with Gasteiger partial charge >= 0.3 is 0 Å². The second-order valence-electron chi connectivity index (χ2n) is 13.4. The predicted octanol–water partition coefficient (Wildman–Crippen LogP) is 12.2. The molecule has 9 aromatic rings. The van der Waals surface area contributed by atoms with Crippen molar-refractivity contribution in [3.05, 3.63) is 180 Å². The molecular formula is C47H32F2N4. The van der Waals surface area contributed by atoms with E-state index in [1.165, 1.54) is 28.8 Å². The van der Waals surface area contributed by atoms with Crippen LogP contribution in [0.1, 0.15) is 11.1 Å². The fourth-order valence-electron chi connectivity index (χ4n) is 7.28. The first kappa shape index (κ1) is 32.1. The molecule has 2 aromatic heterocycles. The third kappa shape index (κ3) is 5.94. The van der Waals surface area contributed by atoms with Gasteiger partial charge in [-0.3, -0.25) is 0 Å². The van der Waals surface area contributed by atoms with Crippen molar-refractivity contribution in [1.29, 1.82) is 0 Å². The molecule has 0 aliphatic carbocycles. The normalized spacial score (nSPS) is 11.4. The Kier molecular flexibility index (Phi) is 7.93. The van der Waals surface area contributed by atoms with Gasteiger partial charge in [0.1, 0.15) is 11.6 Å². The van der Waals surface area contributed by atoms with Crippen LogP contribution >= 0.6 is 0 Å². The van der Waals surface area contributed by atoms with Crippen LogP contribution in [0.5, 0.6) is 0 Å². The van der Waals surface area contributed by atoms with E-state index in [2.05, 4.69) is 73.0 Å². The summed E-state index contributed by atoms with van der Waals surface area (Å²) >= 11 is 0. The Morgan fingerprint density at radius 3 is 1.70 bits per heavy atom. The molecule has 0 aliphatic rings. The molecule has 9 rings (SSSR count). The highest BCUT2D eigenvalue weighted by Gasteiger charge is 2.21. The summed E-state index contributed by atoms with van der Waals surface area (Å²) in [6, 6.07) is 50.6. The molecule has 254 valence electrons. The number of hydrogen-bond acceptors (Lipinski definition) is 3. The van der Waals surface area contributed by atoms with Crippen LogP contribution in [0, 0.1) is 25.5 Å². The molecule has 0 fully saturated rings. The van der Waals surface area contributed by atoms with E-state index in [9.17, 15) is 4.39 Å². The zero-order valence-electron chi connectivity index (χ0n) is 29.1. The maximum atomic E-state index is 15.4. The second kappa shape index (κ2) is 13.1. The van der Waals surface area contributed by atoms with Crippen LogP contribution < -0.4 is 0 Å². The molecule has 7 aromatic carbocycles. The third-order valence-electron chi connectivity index (χ3n) is 9.65. The molecule has 0 unspecified atom stereocenters. The summed E-state index contributed by atoms with van der Waals surface area (Å²) in [6.07, 6.45) is 0. The Morgan fingerprint density at radius 1 is 0.415 bits per heavy atom. The van der Waals surface area contributed by atoms with E-state index in [0.717, 1.165) is 50.2 Å². The van der Waals surface area contributed by atoms with Gasteiger partial charge < -0.3 is 4.57 Å². The van der Waals surface area contributed by atoms with Gasteiger partial charge in [-0.05, 0) is 73.0 Å². The van der Waals surface area contributed by atoms with E-state index in [0.29, 0.717) is 28.6 Å². The summed E-state index contributed by atoms with van der Waals surface area (Å²) < 4.78 is 31.7. The van der Waals surface area contributed by atoms with Gasteiger partial charge in [0.2, 0.25) is 0 Å². The maximum Gasteiger partial charge on any atom is 0.166 e. The molecule has 53 heavy (non-hydrogen) atoms. The summed E-state index contributed by atoms with van der Waals surface area (Å²) in [4.78, 5) is 15.1. The largest absolute Gasteiger partial charge is 0.309 e. The first-order valence-corrected chi connectivity index (χ1v) is 17.5. The number of nitrogens with zero attached hydrogens (tertiary/aromatic N) is 4. The first-order valence-electron chi connectivity index (χ1n) is 17.5. The fraction of sp³-hybridized carbons (Fsp3) is 0.0426. The van der Waals surface area contributed by atoms with Crippen LogP contribution in [0.4, 0.5) is 8.78 Å². The van der Waals surface area contributed by atoms with Crippen LogP contribution in [-0.2, 0) is 0 Å². The van der Waals surface area contributed by atoms with Gasteiger partial charge in [0, 0.05) is 39.1 Å². The van der Waals surface area contributed by atoms with Crippen LogP contribution in [0.3, 0.4) is 0 Å². The van der Waals surface area contributed by atoms with Crippen molar-refractivity contribution in [3.8, 4) is 62.1 Å². The summed E-state index contributed by atoms with van der Waals surface area (Å²) in [6.45, 7) is 4.25. The minimum absolute atomic E-state index is 0.278. The molecule has 0 spiro atoms. The lowest BCUT2D eigenvalue weighted by Crippen LogP contribution is -2.04. The van der Waals surface area contributed by atoms with Crippen molar-refractivity contribution in [2.75, 3.05) is 0 Å². The lowest BCUT2D eigenvalue weighted by molar-refractivity contribution is 0.585. The molecule has 0 saturated carbocycles. The summed E-state index contributed by atoms with van der Waals surface area (Å²) in [7, 11) is 0. The van der Waals surface area contributed by atoms with Crippen LogP contribution in [0.2, 0.25) is 0 Å². The highest BCUT2D eigenvalue weighted by Crippen LogP contribution is 2.40. The number of halogens is 2. The summed E-state index contributed by atoms with van der Waals surface area (Å²) in [5.74, 6) is 0.170. The van der Waals surface area contributed by atoms with E-state index in [-0.39, 0.29) is 5.56 Å². The standard InChI is InChI=1S/C47H32F2N4/c1-29-23-30(2)25-35(24-29)33-17-21-43-39(26-33)38-15-9-10-16-42(38)53(43)44-22-18-34(37-20-19-36(48)28-41(37)49)27-40(44)47-51-45(31-11-5-3-6-12-31)50-46(52-47)32-13-7-4-8-14-32/h3-28H,1-2H3. The Morgan fingerprint density at radius 2 is 1.02 bits per heavy atom. The molecule has 2 heterocycles. The number of fused-ring (bicyclic) bond motifs is 3. The monoisotopic (exact) mass is 690 g/mol. The third-order valence-corrected chi connectivity index (χ3v) is 9.65. The number of aromatic nitrogens is 4. The van der Waals surface area contributed by atoms with Gasteiger partial charge in [-0.25, -0.2) is 23.7 Å². The smallest absolute Gasteiger partial charge is 0.166 e. The summed E-state index contributed by atoms with van der Waals surface area (Å²) in [5, 5.41) is 2.20. The molecule has 4 nitrogen and oxygen atoms in total. The average Bonchev–Trinajstić information content (AvgIpc) is 3.51. The zero-order valence-corrected chi connectivity index (χ0v) is 29.1. The van der Waals surface area contributed by atoms with Crippen LogP contribution in [0.25, 0.3) is 83.9 Å². The molecule has 6 heteroatoms. The van der Waals surface area contributed by atoms with E-state index in [1.807, 2.05) is 84.9 Å². The van der Waals surface area contributed by atoms with Gasteiger partial charge in [0.15, 0.2) is 17.5 Å². The number of aryl methyl sites for hydroxylation is 2. The topological polar surface area (TPSA) is 43.6 Å². The molecule has 0 aliphatic heterocycles. The SMILES string of the molecule is Cc1cc(C)cc(-c2ccc3c(c2)c2ccccc2n3-c2ccc(-c3ccc(F)cc3F)cc2-c2nc(-c3ccccc3)nc(-c3ccccc3)n2)c1. The van der Waals surface area contributed by atoms with Crippen molar-refractivity contribution >= 4 is 21.8 Å². The fourth-order valence-corrected chi connectivity index (χ4v) is 7.28. The number of benzene rings is 7. The zero-order chi connectivity index (χ0) is 36.1. The minimum atomic E-state index is -0.648. The predicted molar refractivity (Wildman–Crippen MR) is 211 cm³/mol. The number of hydrogen-bond donors (Lipinski definition) is 0. The highest BCUT2D eigenvalue weighted by molar-refractivity contribution is 6.11. The van der Waals surface area contributed by atoms with E-state index in [4.69, 9.17) is 15.0 Å². The summed E-state index contributed by atoms with van der Waals surface area (Å²) in [5.41, 5.74) is 10.7. The van der Waals surface area contributed by atoms with E-state index < -0.39 is 11.6 Å². The average molecular weight is 691 g/mol. The van der Waals surface area contributed by atoms with Crippen molar-refractivity contribution in [3.63, 3.8) is 0 Å². The van der Waals surface area contributed by atoms with Gasteiger partial charge in [0.25, 0.3) is 0 Å². The molecule has 0 amide bonds. The maximum absolute atomic E-state index is 15.4. The molecule has 0 radical (unpaired) electrons. The van der Waals surface area contributed by atoms with Crippen LogP contribution in [0.15, 0.2) is 158 Å². The molecule has 0 saturated heterocycles. The van der Waals surface area contributed by atoms with Gasteiger partial charge in [-0.1, -0.05) is 120 Å². The van der Waals surface area contributed by atoms with E-state index >= 15 is 4.39 Å². The van der Waals surface area contributed by atoms with Crippen molar-refractivity contribution < 1.29 is 8.78 Å². The van der Waals surface area contributed by atoms with Gasteiger partial charge in [0.05, 0.1) is 16.7 Å². The van der Waals surface area contributed by atoms with Gasteiger partial charge in [-0.2, -0.15) is 0 Å². The Balaban J connectivity index is 1.34. The molecule has 0 atom stereocenters. The van der Waals surface area contributed by atoms with E-state index in [1.54, 1.807) is 0 Å². The lowest BCUT2D eigenvalue weighted by Gasteiger charge is -2.16. The van der Waals surface area contributed by atoms with Crippen molar-refractivity contribution in [1.82, 2.24) is 19.5 Å². The van der Waals surface area contributed by atoms with Gasteiger partial charge in [-0.15, -0.1) is 0 Å². The van der Waals surface area contributed by atoms with Crippen LogP contribution in [-0.4, -0.2) is 19.5 Å². The molecular weight excluding hydrogens is 659 g/mol. The quantitative estimate of drug-likeness (QED) is 0.174. The minimum Gasteiger partial charge on any atom is -0.309 e. The highest BCUT2D eigenvalue weighted by atomic mass is 19.1. The molecule has 0 bridgehead atoms. The Hall–Kier alpha value is -6.79. The Bertz CT molecular complexity index is 2750. The lowest BCUT2D eigenvalue weighted by atomic mass is 9.99. The molecule has 0 N–H and O–H groups in total. The second-order valence-corrected chi connectivity index (χ2v) is 13.4. The van der Waals surface area contributed by atoms with Crippen molar-refractivity contribution in [2.24, 2.45) is 0 Å². The number of rotatable bonds is 6.